The Balaban J connectivity index is 1.88. The minimum atomic E-state index is 0.0619. The fourth-order valence-corrected chi connectivity index (χ4v) is 2.64. The maximum absolute atomic E-state index is 6.19. The minimum Gasteiger partial charge on any atom is -0.497 e. The molecule has 21 heavy (non-hydrogen) atoms. The molecular weight excluding hydrogens is 264 g/mol. The quantitative estimate of drug-likeness (QED) is 0.710. The van der Waals surface area contributed by atoms with Gasteiger partial charge in [-0.3, -0.25) is 4.90 Å². The van der Waals surface area contributed by atoms with Crippen LogP contribution >= 0.6 is 0 Å². The average Bonchev–Trinajstić information content (AvgIpc) is 3.28. The van der Waals surface area contributed by atoms with Crippen molar-refractivity contribution in [2.24, 2.45) is 11.7 Å². The molecule has 0 bridgehead atoms. The highest BCUT2D eigenvalue weighted by atomic mass is 16.5. The number of nitrogens with zero attached hydrogens (tertiary/aromatic N) is 1. The van der Waals surface area contributed by atoms with Crippen molar-refractivity contribution < 1.29 is 9.47 Å². The second-order valence-electron chi connectivity index (χ2n) is 6.08. The van der Waals surface area contributed by atoms with Gasteiger partial charge in [-0.25, -0.2) is 0 Å². The van der Waals surface area contributed by atoms with E-state index in [9.17, 15) is 0 Å². The first-order valence-corrected chi connectivity index (χ1v) is 7.79. The fraction of sp³-hybridized carbons (Fsp3) is 0.647. The highest BCUT2D eigenvalue weighted by molar-refractivity contribution is 5.29. The van der Waals surface area contributed by atoms with Gasteiger partial charge in [-0.05, 0) is 50.4 Å². The van der Waals surface area contributed by atoms with Crippen molar-refractivity contribution >= 4 is 0 Å². The molecule has 4 heteroatoms. The van der Waals surface area contributed by atoms with Crippen LogP contribution in [0.1, 0.15) is 31.4 Å². The van der Waals surface area contributed by atoms with Gasteiger partial charge in [0.25, 0.3) is 0 Å². The molecule has 1 fully saturated rings. The molecule has 0 saturated heterocycles. The van der Waals surface area contributed by atoms with Crippen LogP contribution in [-0.2, 0) is 4.74 Å². The Hall–Kier alpha value is -1.10. The van der Waals surface area contributed by atoms with Crippen LogP contribution in [0.25, 0.3) is 0 Å². The van der Waals surface area contributed by atoms with Crippen molar-refractivity contribution in [3.8, 4) is 5.75 Å². The van der Waals surface area contributed by atoms with Crippen LogP contribution in [0.15, 0.2) is 24.3 Å². The van der Waals surface area contributed by atoms with E-state index in [1.54, 1.807) is 7.11 Å². The van der Waals surface area contributed by atoms with Gasteiger partial charge in [0.15, 0.2) is 0 Å². The smallest absolute Gasteiger partial charge is 0.118 e. The van der Waals surface area contributed by atoms with E-state index in [4.69, 9.17) is 15.2 Å². The molecule has 0 spiro atoms. The van der Waals surface area contributed by atoms with Crippen molar-refractivity contribution in [3.05, 3.63) is 29.8 Å². The molecule has 2 unspecified atom stereocenters. The SMILES string of the molecule is COc1ccc(C(C(C)N)N(C)CCOCC2CC2)cc1. The minimum absolute atomic E-state index is 0.0619. The molecule has 1 aromatic carbocycles. The second-order valence-corrected chi connectivity index (χ2v) is 6.08. The third-order valence-corrected chi connectivity index (χ3v) is 4.07. The van der Waals surface area contributed by atoms with Crippen LogP contribution in [0.2, 0.25) is 0 Å². The molecule has 0 amide bonds. The highest BCUT2D eigenvalue weighted by Crippen LogP contribution is 2.29. The Morgan fingerprint density at radius 2 is 1.95 bits per heavy atom. The van der Waals surface area contributed by atoms with Crippen LogP contribution in [0.4, 0.5) is 0 Å². The number of benzene rings is 1. The molecule has 1 aromatic rings. The van der Waals surface area contributed by atoms with Gasteiger partial charge in [-0.2, -0.15) is 0 Å². The van der Waals surface area contributed by atoms with E-state index in [-0.39, 0.29) is 12.1 Å². The predicted molar refractivity (Wildman–Crippen MR) is 85.6 cm³/mol. The number of hydrogen-bond donors (Lipinski definition) is 1. The molecular formula is C17H28N2O2. The van der Waals surface area contributed by atoms with E-state index >= 15 is 0 Å². The van der Waals surface area contributed by atoms with Gasteiger partial charge in [0, 0.05) is 25.2 Å². The Morgan fingerprint density at radius 1 is 1.29 bits per heavy atom. The van der Waals surface area contributed by atoms with Crippen molar-refractivity contribution in [3.63, 3.8) is 0 Å². The Kier molecular flexibility index (Phi) is 6.03. The lowest BCUT2D eigenvalue weighted by Gasteiger charge is -2.31. The number of ether oxygens (including phenoxy) is 2. The summed E-state index contributed by atoms with van der Waals surface area (Å²) in [6, 6.07) is 8.42. The van der Waals surface area contributed by atoms with Crippen LogP contribution in [0.3, 0.4) is 0 Å². The highest BCUT2D eigenvalue weighted by Gasteiger charge is 2.23. The molecule has 2 rings (SSSR count). The van der Waals surface area contributed by atoms with Crippen molar-refractivity contribution in [2.45, 2.75) is 31.8 Å². The molecule has 1 aliphatic rings. The van der Waals surface area contributed by atoms with Gasteiger partial charge in [-0.15, -0.1) is 0 Å². The summed E-state index contributed by atoms with van der Waals surface area (Å²) in [5, 5.41) is 0. The lowest BCUT2D eigenvalue weighted by molar-refractivity contribution is 0.0875. The first-order chi connectivity index (χ1) is 10.1. The summed E-state index contributed by atoms with van der Waals surface area (Å²) < 4.78 is 10.9. The number of nitrogens with two attached hydrogens (primary N) is 1. The molecule has 0 heterocycles. The lowest BCUT2D eigenvalue weighted by atomic mass is 9.99. The summed E-state index contributed by atoms with van der Waals surface area (Å²) in [5.41, 5.74) is 7.41. The maximum Gasteiger partial charge on any atom is 0.118 e. The normalized spacial score (nSPS) is 17.8. The van der Waals surface area contributed by atoms with E-state index in [1.165, 1.54) is 18.4 Å². The first-order valence-electron chi connectivity index (χ1n) is 7.79. The number of methoxy groups -OCH3 is 1. The third kappa shape index (κ3) is 4.99. The van der Waals surface area contributed by atoms with Crippen LogP contribution in [0, 0.1) is 5.92 Å². The topological polar surface area (TPSA) is 47.7 Å². The summed E-state index contributed by atoms with van der Waals surface area (Å²) >= 11 is 0. The number of rotatable bonds is 9. The van der Waals surface area contributed by atoms with Gasteiger partial charge in [0.2, 0.25) is 0 Å². The van der Waals surface area contributed by atoms with E-state index in [0.717, 1.165) is 31.4 Å². The summed E-state index contributed by atoms with van der Waals surface area (Å²) in [7, 11) is 3.79. The molecule has 0 radical (unpaired) electrons. The van der Waals surface area contributed by atoms with E-state index in [0.29, 0.717) is 0 Å². The van der Waals surface area contributed by atoms with E-state index in [2.05, 4.69) is 31.0 Å². The van der Waals surface area contributed by atoms with Gasteiger partial charge in [0.05, 0.1) is 13.7 Å². The monoisotopic (exact) mass is 292 g/mol. The van der Waals surface area contributed by atoms with Crippen molar-refractivity contribution in [2.75, 3.05) is 33.9 Å². The van der Waals surface area contributed by atoms with Gasteiger partial charge >= 0.3 is 0 Å². The van der Waals surface area contributed by atoms with E-state index < -0.39 is 0 Å². The van der Waals surface area contributed by atoms with Gasteiger partial charge in [-0.1, -0.05) is 12.1 Å². The first kappa shape index (κ1) is 16.3. The Morgan fingerprint density at radius 3 is 2.48 bits per heavy atom. The number of hydrogen-bond acceptors (Lipinski definition) is 4. The molecule has 1 saturated carbocycles. The summed E-state index contributed by atoms with van der Waals surface area (Å²) in [6.45, 7) is 4.63. The van der Waals surface area contributed by atoms with Gasteiger partial charge < -0.3 is 15.2 Å². The Labute approximate surface area is 128 Å². The molecule has 0 aromatic heterocycles. The largest absolute Gasteiger partial charge is 0.497 e. The van der Waals surface area contributed by atoms with Crippen molar-refractivity contribution in [1.29, 1.82) is 0 Å². The molecule has 2 N–H and O–H groups in total. The third-order valence-electron chi connectivity index (χ3n) is 4.07. The predicted octanol–water partition coefficient (Wildman–Crippen LogP) is 2.44. The van der Waals surface area contributed by atoms with Crippen LogP contribution in [-0.4, -0.2) is 44.9 Å². The summed E-state index contributed by atoms with van der Waals surface area (Å²) in [6.07, 6.45) is 2.67. The molecule has 1 aliphatic carbocycles. The zero-order valence-electron chi connectivity index (χ0n) is 13.4. The van der Waals surface area contributed by atoms with Gasteiger partial charge in [0.1, 0.15) is 5.75 Å². The fourth-order valence-electron chi connectivity index (χ4n) is 2.64. The summed E-state index contributed by atoms with van der Waals surface area (Å²) in [4.78, 5) is 2.28. The Bertz CT molecular complexity index is 415. The zero-order chi connectivity index (χ0) is 15.2. The maximum atomic E-state index is 6.19. The van der Waals surface area contributed by atoms with Crippen molar-refractivity contribution in [1.82, 2.24) is 4.90 Å². The number of likely N-dealkylation sites (N-methyl/N-ethyl adjacent to an activating group) is 1. The molecule has 4 nitrogen and oxygen atoms in total. The lowest BCUT2D eigenvalue weighted by Crippen LogP contribution is -2.38. The standard InChI is InChI=1S/C17H28N2O2/c1-13(18)17(15-6-8-16(20-3)9-7-15)19(2)10-11-21-12-14-4-5-14/h6-9,13-14,17H,4-5,10-12,18H2,1-3H3. The van der Waals surface area contributed by atoms with E-state index in [1.807, 2.05) is 12.1 Å². The molecule has 118 valence electrons. The average molecular weight is 292 g/mol. The van der Waals surface area contributed by atoms with Crippen LogP contribution < -0.4 is 10.5 Å². The zero-order valence-corrected chi connectivity index (χ0v) is 13.4. The molecule has 2 atom stereocenters. The molecule has 0 aliphatic heterocycles. The van der Waals surface area contributed by atoms with Crippen LogP contribution in [0.5, 0.6) is 5.75 Å². The second kappa shape index (κ2) is 7.78. The summed E-state index contributed by atoms with van der Waals surface area (Å²) in [5.74, 6) is 1.69.